The van der Waals surface area contributed by atoms with Crippen molar-refractivity contribution in [1.82, 2.24) is 14.5 Å². The molecule has 0 saturated heterocycles. The van der Waals surface area contributed by atoms with Gasteiger partial charge in [0.1, 0.15) is 0 Å². The number of hydrogen-bond acceptors (Lipinski definition) is 2. The molecule has 55 heavy (non-hydrogen) atoms. The van der Waals surface area contributed by atoms with Crippen LogP contribution < -0.4 is 0 Å². The van der Waals surface area contributed by atoms with Gasteiger partial charge in [-0.1, -0.05) is 133 Å². The van der Waals surface area contributed by atoms with E-state index >= 15 is 0 Å². The minimum Gasteiger partial charge on any atom is -0.307 e. The Bertz CT molecular complexity index is 3270. The van der Waals surface area contributed by atoms with Gasteiger partial charge in [-0.15, -0.1) is 0 Å². The molecule has 0 aliphatic heterocycles. The minimum atomic E-state index is 0.979. The predicted molar refractivity (Wildman–Crippen MR) is 230 cm³/mol. The van der Waals surface area contributed by atoms with Crippen molar-refractivity contribution in [3.05, 3.63) is 188 Å². The van der Waals surface area contributed by atoms with Crippen LogP contribution in [-0.2, 0) is 0 Å². The van der Waals surface area contributed by atoms with Gasteiger partial charge >= 0.3 is 0 Å². The van der Waals surface area contributed by atoms with E-state index in [0.29, 0.717) is 0 Å². The molecule has 0 unspecified atom stereocenters. The lowest BCUT2D eigenvalue weighted by molar-refractivity contribution is 1.17. The van der Waals surface area contributed by atoms with Crippen LogP contribution in [0, 0.1) is 0 Å². The van der Waals surface area contributed by atoms with Gasteiger partial charge in [0.05, 0.1) is 22.7 Å². The summed E-state index contributed by atoms with van der Waals surface area (Å²) in [7, 11) is 0. The van der Waals surface area contributed by atoms with Crippen molar-refractivity contribution in [1.29, 1.82) is 0 Å². The van der Waals surface area contributed by atoms with E-state index in [2.05, 4.69) is 173 Å². The highest BCUT2D eigenvalue weighted by Crippen LogP contribution is 2.58. The summed E-state index contributed by atoms with van der Waals surface area (Å²) in [5.74, 6) is 0. The van der Waals surface area contributed by atoms with Crippen LogP contribution in [-0.4, -0.2) is 14.5 Å². The second kappa shape index (κ2) is 11.6. The van der Waals surface area contributed by atoms with Crippen molar-refractivity contribution in [2.45, 2.75) is 0 Å². The molecule has 1 aliphatic rings. The zero-order chi connectivity index (χ0) is 36.0. The fourth-order valence-electron chi connectivity index (χ4n) is 9.45. The molecule has 0 atom stereocenters. The van der Waals surface area contributed by atoms with Gasteiger partial charge in [-0.05, 0) is 114 Å². The van der Waals surface area contributed by atoms with E-state index in [1.807, 2.05) is 24.7 Å². The Morgan fingerprint density at radius 3 is 1.78 bits per heavy atom. The molecule has 254 valence electrons. The molecule has 0 bridgehead atoms. The smallest absolute Gasteiger partial charge is 0.0724 e. The van der Waals surface area contributed by atoms with Crippen LogP contribution in [0.25, 0.3) is 116 Å². The third-order valence-electron chi connectivity index (χ3n) is 11.6. The van der Waals surface area contributed by atoms with Gasteiger partial charge in [-0.25, -0.2) is 0 Å². The molecule has 8 aromatic carbocycles. The van der Waals surface area contributed by atoms with E-state index < -0.39 is 0 Å². The first-order valence-electron chi connectivity index (χ1n) is 18.8. The molecular formula is C52H31N3. The van der Waals surface area contributed by atoms with Gasteiger partial charge in [0.25, 0.3) is 0 Å². The highest BCUT2D eigenvalue weighted by Gasteiger charge is 2.31. The van der Waals surface area contributed by atoms with E-state index in [9.17, 15) is 0 Å². The summed E-state index contributed by atoms with van der Waals surface area (Å²) >= 11 is 0. The number of aromatic nitrogens is 3. The van der Waals surface area contributed by atoms with E-state index in [0.717, 1.165) is 27.6 Å². The lowest BCUT2D eigenvalue weighted by Gasteiger charge is -2.20. The number of pyridine rings is 2. The molecule has 0 N–H and O–H groups in total. The monoisotopic (exact) mass is 697 g/mol. The Balaban J connectivity index is 1.14. The average molecular weight is 698 g/mol. The number of hydrogen-bond donors (Lipinski definition) is 0. The van der Waals surface area contributed by atoms with Gasteiger partial charge in [-0.3, -0.25) is 9.97 Å². The maximum absolute atomic E-state index is 4.71. The van der Waals surface area contributed by atoms with Crippen LogP contribution in [0.4, 0.5) is 0 Å². The highest BCUT2D eigenvalue weighted by atomic mass is 15.0. The van der Waals surface area contributed by atoms with Gasteiger partial charge in [-0.2, -0.15) is 0 Å². The zero-order valence-corrected chi connectivity index (χ0v) is 29.7. The Morgan fingerprint density at radius 2 is 1.02 bits per heavy atom. The van der Waals surface area contributed by atoms with Crippen molar-refractivity contribution in [2.75, 3.05) is 0 Å². The summed E-state index contributed by atoms with van der Waals surface area (Å²) in [5, 5.41) is 8.61. The van der Waals surface area contributed by atoms with Crippen molar-refractivity contribution in [3.63, 3.8) is 0 Å². The molecule has 3 heteroatoms. The molecule has 0 spiro atoms. The van der Waals surface area contributed by atoms with Crippen molar-refractivity contribution in [3.8, 4) is 61.3 Å². The zero-order valence-electron chi connectivity index (χ0n) is 29.7. The Hall–Kier alpha value is -7.36. The first-order chi connectivity index (χ1) is 27.3. The SMILES string of the molecule is c1ccc(-c2c3c(c(-c4ccccc4)c4ccccc24)-c2ccc(-c4cccc(-n5c6cnccc6c6ccc7ncccc7c65)c4)c4cccc-3c24)cc1. The first kappa shape index (κ1) is 30.1. The Kier molecular flexibility index (Phi) is 6.34. The standard InChI is InChI=1S/C52H31N3/c1-3-12-32(13-4-1)47-39-18-7-8-19-40(39)48(33-14-5-2-6-15-33)51-44-24-23-36(38-20-10-21-43(49(38)44)50(47)51)34-16-9-17-35(30-34)55-46-31-53-29-27-37(46)41-25-26-45-42(52(41)55)22-11-28-54-45/h1-31H. The summed E-state index contributed by atoms with van der Waals surface area (Å²) in [4.78, 5) is 9.30. The molecule has 0 fully saturated rings. The van der Waals surface area contributed by atoms with Crippen LogP contribution in [0.15, 0.2) is 188 Å². The van der Waals surface area contributed by atoms with Gasteiger partial charge < -0.3 is 4.57 Å². The fraction of sp³-hybridized carbons (Fsp3) is 0. The molecule has 3 nitrogen and oxygen atoms in total. The molecule has 12 rings (SSSR count). The third kappa shape index (κ3) is 4.26. The van der Waals surface area contributed by atoms with Crippen LogP contribution in [0.2, 0.25) is 0 Å². The number of benzene rings is 8. The second-order valence-electron chi connectivity index (χ2n) is 14.5. The summed E-state index contributed by atoms with van der Waals surface area (Å²) in [6, 6.07) is 62.1. The maximum Gasteiger partial charge on any atom is 0.0724 e. The largest absolute Gasteiger partial charge is 0.307 e. The average Bonchev–Trinajstić information content (AvgIpc) is 3.78. The Labute approximate surface area is 317 Å². The van der Waals surface area contributed by atoms with Crippen LogP contribution in [0.1, 0.15) is 0 Å². The number of fused-ring (bicyclic) bond motifs is 9. The Morgan fingerprint density at radius 1 is 0.382 bits per heavy atom. The van der Waals surface area contributed by atoms with E-state index in [-0.39, 0.29) is 0 Å². The van der Waals surface area contributed by atoms with Crippen LogP contribution >= 0.6 is 0 Å². The molecule has 3 heterocycles. The molecule has 1 aliphatic carbocycles. The number of rotatable bonds is 4. The summed E-state index contributed by atoms with van der Waals surface area (Å²) < 4.78 is 2.37. The second-order valence-corrected chi connectivity index (χ2v) is 14.5. The lowest BCUT2D eigenvalue weighted by Crippen LogP contribution is -1.96. The lowest BCUT2D eigenvalue weighted by atomic mass is 9.82. The quantitative estimate of drug-likeness (QED) is 0.183. The van der Waals surface area contributed by atoms with Crippen molar-refractivity contribution >= 4 is 54.3 Å². The van der Waals surface area contributed by atoms with E-state index in [4.69, 9.17) is 4.98 Å². The van der Waals surface area contributed by atoms with Gasteiger partial charge in [0.15, 0.2) is 0 Å². The topological polar surface area (TPSA) is 30.7 Å². The van der Waals surface area contributed by atoms with Crippen LogP contribution in [0.3, 0.4) is 0 Å². The molecule has 3 aromatic heterocycles. The molecule has 0 saturated carbocycles. The first-order valence-corrected chi connectivity index (χ1v) is 18.8. The molecule has 0 amide bonds. The van der Waals surface area contributed by atoms with E-state index in [1.54, 1.807) is 0 Å². The molecule has 0 radical (unpaired) electrons. The van der Waals surface area contributed by atoms with Crippen molar-refractivity contribution < 1.29 is 0 Å². The summed E-state index contributed by atoms with van der Waals surface area (Å²) in [6.07, 6.45) is 5.74. The van der Waals surface area contributed by atoms with Crippen LogP contribution in [0.5, 0.6) is 0 Å². The normalized spacial score (nSPS) is 12.0. The predicted octanol–water partition coefficient (Wildman–Crippen LogP) is 13.7. The summed E-state index contributed by atoms with van der Waals surface area (Å²) in [5.41, 5.74) is 16.9. The fourth-order valence-corrected chi connectivity index (χ4v) is 9.45. The van der Waals surface area contributed by atoms with Gasteiger partial charge in [0.2, 0.25) is 0 Å². The summed E-state index contributed by atoms with van der Waals surface area (Å²) in [6.45, 7) is 0. The molecular weight excluding hydrogens is 667 g/mol. The minimum absolute atomic E-state index is 0.979. The third-order valence-corrected chi connectivity index (χ3v) is 11.6. The maximum atomic E-state index is 4.71. The molecule has 11 aromatic rings. The van der Waals surface area contributed by atoms with E-state index in [1.165, 1.54) is 88.0 Å². The van der Waals surface area contributed by atoms with Gasteiger partial charge in [0, 0.05) is 34.2 Å². The number of nitrogens with zero attached hydrogens (tertiary/aromatic N) is 3. The van der Waals surface area contributed by atoms with Crippen molar-refractivity contribution in [2.24, 2.45) is 0 Å². The highest BCUT2D eigenvalue weighted by molar-refractivity contribution is 6.29.